The van der Waals surface area contributed by atoms with E-state index in [1.54, 1.807) is 6.07 Å². The minimum atomic E-state index is -4.54. The smallest absolute Gasteiger partial charge is 0.433 e. The number of alkyl halides is 3. The molecule has 0 spiro atoms. The summed E-state index contributed by atoms with van der Waals surface area (Å²) in [6.07, 6.45) is -3.53. The first-order valence-corrected chi connectivity index (χ1v) is 6.09. The number of aromatic carboxylic acids is 1. The van der Waals surface area contributed by atoms with Gasteiger partial charge in [0.1, 0.15) is 5.69 Å². The van der Waals surface area contributed by atoms with Gasteiger partial charge in [0, 0.05) is 11.1 Å². The van der Waals surface area contributed by atoms with Crippen molar-refractivity contribution in [1.29, 1.82) is 0 Å². The van der Waals surface area contributed by atoms with Gasteiger partial charge in [-0.25, -0.2) is 14.8 Å². The van der Waals surface area contributed by atoms with Gasteiger partial charge in [0.2, 0.25) is 0 Å². The third-order valence-corrected chi connectivity index (χ3v) is 3.08. The number of carboxylic acid groups (broad SMARTS) is 1. The summed E-state index contributed by atoms with van der Waals surface area (Å²) >= 11 is 0.864. The van der Waals surface area contributed by atoms with E-state index < -0.39 is 17.8 Å². The lowest BCUT2D eigenvalue weighted by Crippen LogP contribution is -2.08. The van der Waals surface area contributed by atoms with Crippen LogP contribution in [0.15, 0.2) is 46.6 Å². The lowest BCUT2D eigenvalue weighted by Gasteiger charge is -2.06. The van der Waals surface area contributed by atoms with Gasteiger partial charge in [-0.2, -0.15) is 13.2 Å². The van der Waals surface area contributed by atoms with E-state index in [1.165, 1.54) is 18.2 Å². The lowest BCUT2D eigenvalue weighted by molar-refractivity contribution is -0.141. The van der Waals surface area contributed by atoms with Gasteiger partial charge in [-0.05, 0) is 36.0 Å². The molecule has 0 saturated heterocycles. The zero-order valence-corrected chi connectivity index (χ0v) is 10.6. The highest BCUT2D eigenvalue weighted by Gasteiger charge is 2.32. The predicted octanol–water partition coefficient (Wildman–Crippen LogP) is 3.34. The van der Waals surface area contributed by atoms with Gasteiger partial charge in [-0.15, -0.1) is 0 Å². The minimum Gasteiger partial charge on any atom is -0.478 e. The van der Waals surface area contributed by atoms with Gasteiger partial charge in [-0.3, -0.25) is 0 Å². The van der Waals surface area contributed by atoms with Crippen LogP contribution in [-0.4, -0.2) is 21.0 Å². The summed E-state index contributed by atoms with van der Waals surface area (Å²) in [7, 11) is 0. The molecule has 1 aromatic carbocycles. The molecule has 0 atom stereocenters. The Morgan fingerprint density at radius 3 is 2.65 bits per heavy atom. The van der Waals surface area contributed by atoms with Crippen LogP contribution in [0.2, 0.25) is 0 Å². The van der Waals surface area contributed by atoms with Crippen LogP contribution >= 0.6 is 11.8 Å². The van der Waals surface area contributed by atoms with Crippen molar-refractivity contribution in [2.75, 3.05) is 0 Å². The van der Waals surface area contributed by atoms with Crippen LogP contribution in [0.1, 0.15) is 16.1 Å². The molecule has 0 radical (unpaired) electrons. The first-order valence-electron chi connectivity index (χ1n) is 5.28. The molecule has 0 fully saturated rings. The van der Waals surface area contributed by atoms with Gasteiger partial charge in [-0.1, -0.05) is 6.07 Å². The normalized spacial score (nSPS) is 11.3. The second-order valence-electron chi connectivity index (χ2n) is 3.66. The molecule has 104 valence electrons. The Morgan fingerprint density at radius 1 is 1.25 bits per heavy atom. The molecule has 0 bridgehead atoms. The molecule has 0 saturated carbocycles. The summed E-state index contributed by atoms with van der Waals surface area (Å²) in [5.41, 5.74) is -0.994. The first-order chi connectivity index (χ1) is 9.36. The molecule has 1 heterocycles. The average molecular weight is 300 g/mol. The molecule has 0 aliphatic heterocycles. The Labute approximate surface area is 115 Å². The molecule has 0 unspecified atom stereocenters. The largest absolute Gasteiger partial charge is 0.478 e. The molecule has 0 aliphatic carbocycles. The second-order valence-corrected chi connectivity index (χ2v) is 4.70. The highest BCUT2D eigenvalue weighted by molar-refractivity contribution is 7.99. The fourth-order valence-electron chi connectivity index (χ4n) is 1.35. The van der Waals surface area contributed by atoms with Gasteiger partial charge < -0.3 is 5.11 Å². The van der Waals surface area contributed by atoms with Crippen LogP contribution in [0.3, 0.4) is 0 Å². The number of nitrogens with zero attached hydrogens (tertiary/aromatic N) is 2. The number of rotatable bonds is 3. The number of carbonyl (C=O) groups is 1. The van der Waals surface area contributed by atoms with Gasteiger partial charge in [0.05, 0.1) is 5.56 Å². The number of hydrogen-bond donors (Lipinski definition) is 1. The van der Waals surface area contributed by atoms with Crippen LogP contribution in [0.5, 0.6) is 0 Å². The molecular formula is C12H7F3N2O2S. The number of halogens is 3. The maximum Gasteiger partial charge on any atom is 0.433 e. The van der Waals surface area contributed by atoms with E-state index in [0.717, 1.165) is 24.0 Å². The summed E-state index contributed by atoms with van der Waals surface area (Å²) in [5.74, 6) is -1.11. The van der Waals surface area contributed by atoms with Crippen molar-refractivity contribution in [3.63, 3.8) is 0 Å². The van der Waals surface area contributed by atoms with E-state index in [1.807, 2.05) is 0 Å². The highest BCUT2D eigenvalue weighted by Crippen LogP contribution is 2.30. The van der Waals surface area contributed by atoms with Crippen molar-refractivity contribution in [2.45, 2.75) is 16.2 Å². The molecule has 2 rings (SSSR count). The summed E-state index contributed by atoms with van der Waals surface area (Å²) in [5, 5.41) is 8.74. The average Bonchev–Trinajstić information content (AvgIpc) is 2.38. The maximum atomic E-state index is 12.5. The molecule has 1 N–H and O–H groups in total. The fourth-order valence-corrected chi connectivity index (χ4v) is 2.15. The van der Waals surface area contributed by atoms with E-state index in [0.29, 0.717) is 4.90 Å². The van der Waals surface area contributed by atoms with Crippen LogP contribution in [0.4, 0.5) is 13.2 Å². The van der Waals surface area contributed by atoms with Gasteiger partial charge >= 0.3 is 12.1 Å². The third kappa shape index (κ3) is 3.47. The summed E-state index contributed by atoms with van der Waals surface area (Å²) in [4.78, 5) is 18.4. The predicted molar refractivity (Wildman–Crippen MR) is 64.6 cm³/mol. The van der Waals surface area contributed by atoms with Crippen molar-refractivity contribution < 1.29 is 23.1 Å². The van der Waals surface area contributed by atoms with E-state index in [4.69, 9.17) is 5.11 Å². The van der Waals surface area contributed by atoms with E-state index in [-0.39, 0.29) is 10.7 Å². The molecule has 20 heavy (non-hydrogen) atoms. The summed E-state index contributed by atoms with van der Waals surface area (Å²) in [6, 6.07) is 6.58. The minimum absolute atomic E-state index is 0.0435. The highest BCUT2D eigenvalue weighted by atomic mass is 32.2. The second kappa shape index (κ2) is 5.49. The standard InChI is InChI=1S/C12H7F3N2O2S/c13-12(14,15)9-4-5-16-11(17-9)20-8-3-1-2-7(6-8)10(18)19/h1-6H,(H,18,19). The van der Waals surface area contributed by atoms with Gasteiger partial charge in [0.15, 0.2) is 5.16 Å². The Balaban J connectivity index is 2.26. The Morgan fingerprint density at radius 2 is 2.00 bits per heavy atom. The molecule has 0 amide bonds. The van der Waals surface area contributed by atoms with Crippen molar-refractivity contribution in [3.8, 4) is 0 Å². The fraction of sp³-hybridized carbons (Fsp3) is 0.0833. The number of benzene rings is 1. The van der Waals surface area contributed by atoms with E-state index in [2.05, 4.69) is 9.97 Å². The van der Waals surface area contributed by atoms with Crippen molar-refractivity contribution in [1.82, 2.24) is 9.97 Å². The summed E-state index contributed by atoms with van der Waals surface area (Å²) < 4.78 is 37.5. The van der Waals surface area contributed by atoms with Crippen molar-refractivity contribution in [3.05, 3.63) is 47.8 Å². The topological polar surface area (TPSA) is 63.1 Å². The zero-order valence-electron chi connectivity index (χ0n) is 9.76. The van der Waals surface area contributed by atoms with Gasteiger partial charge in [0.25, 0.3) is 0 Å². The molecule has 4 nitrogen and oxygen atoms in total. The SMILES string of the molecule is O=C(O)c1cccc(Sc2nccc(C(F)(F)F)n2)c1. The molecule has 1 aromatic heterocycles. The van der Waals surface area contributed by atoms with Crippen LogP contribution in [0.25, 0.3) is 0 Å². The van der Waals surface area contributed by atoms with E-state index in [9.17, 15) is 18.0 Å². The van der Waals surface area contributed by atoms with Crippen LogP contribution in [-0.2, 0) is 6.18 Å². The molecule has 2 aromatic rings. The molecular weight excluding hydrogens is 293 g/mol. The monoisotopic (exact) mass is 300 g/mol. The zero-order chi connectivity index (χ0) is 14.8. The van der Waals surface area contributed by atoms with Crippen molar-refractivity contribution >= 4 is 17.7 Å². The third-order valence-electron chi connectivity index (χ3n) is 2.21. The van der Waals surface area contributed by atoms with E-state index >= 15 is 0 Å². The molecule has 0 aliphatic rings. The van der Waals surface area contributed by atoms with Crippen molar-refractivity contribution in [2.24, 2.45) is 0 Å². The Kier molecular flexibility index (Phi) is 3.93. The number of aromatic nitrogens is 2. The first kappa shape index (κ1) is 14.3. The quantitative estimate of drug-likeness (QED) is 0.881. The lowest BCUT2D eigenvalue weighted by atomic mass is 10.2. The van der Waals surface area contributed by atoms with Crippen LogP contribution < -0.4 is 0 Å². The van der Waals surface area contributed by atoms with Crippen LogP contribution in [0, 0.1) is 0 Å². The number of hydrogen-bond acceptors (Lipinski definition) is 4. The summed E-state index contributed by atoms with van der Waals surface area (Å²) in [6.45, 7) is 0. The number of carboxylic acids is 1. The maximum absolute atomic E-state index is 12.5. The Hall–Kier alpha value is -2.09. The molecule has 8 heteroatoms. The Bertz CT molecular complexity index is 647.